The molecule has 1 aliphatic carbocycles. The molecule has 0 heterocycles. The molecule has 0 aromatic rings. The van der Waals surface area contributed by atoms with Crippen molar-refractivity contribution in [1.82, 2.24) is 10.6 Å². The molecule has 0 atom stereocenters. The minimum Gasteiger partial charge on any atom is -0.350 e. The molecule has 0 radical (unpaired) electrons. The Balaban J connectivity index is 2.18. The number of hydrogen-bond acceptors (Lipinski definition) is 2. The molecule has 0 aromatic heterocycles. The van der Waals surface area contributed by atoms with Gasteiger partial charge in [-0.15, -0.1) is 0 Å². The average Bonchev–Trinajstić information content (AvgIpc) is 1.94. The Bertz CT molecular complexity index is 252. The third-order valence-corrected chi connectivity index (χ3v) is 2.41. The van der Waals surface area contributed by atoms with Crippen molar-refractivity contribution in [3.63, 3.8) is 0 Å². The van der Waals surface area contributed by atoms with Crippen LogP contribution < -0.4 is 10.6 Å². The molecule has 4 heteroatoms. The van der Waals surface area contributed by atoms with E-state index in [1.807, 2.05) is 20.8 Å². The maximum atomic E-state index is 11.4. The summed E-state index contributed by atoms with van der Waals surface area (Å²) in [5.41, 5.74) is -0.238. The summed E-state index contributed by atoms with van der Waals surface area (Å²) in [7, 11) is 0. The summed E-state index contributed by atoms with van der Waals surface area (Å²) in [5.74, 6) is 0.0351. The van der Waals surface area contributed by atoms with Crippen LogP contribution in [0.3, 0.4) is 0 Å². The summed E-state index contributed by atoms with van der Waals surface area (Å²) in [6, 6.07) is 0. The van der Waals surface area contributed by atoms with Crippen molar-refractivity contribution in [2.75, 3.05) is 6.54 Å². The molecule has 4 nitrogen and oxygen atoms in total. The van der Waals surface area contributed by atoms with Gasteiger partial charge in [-0.1, -0.05) is 6.42 Å². The normalized spacial score (nSPS) is 16.7. The van der Waals surface area contributed by atoms with Crippen LogP contribution in [-0.2, 0) is 9.59 Å². The van der Waals surface area contributed by atoms with E-state index in [4.69, 9.17) is 0 Å². The number of carbonyl (C=O) groups excluding carboxylic acids is 2. The zero-order valence-corrected chi connectivity index (χ0v) is 9.72. The van der Waals surface area contributed by atoms with Gasteiger partial charge in [0, 0.05) is 11.5 Å². The molecule has 0 unspecified atom stereocenters. The van der Waals surface area contributed by atoms with Gasteiger partial charge in [-0.05, 0) is 33.6 Å². The lowest BCUT2D eigenvalue weighted by Gasteiger charge is -2.25. The van der Waals surface area contributed by atoms with E-state index in [2.05, 4.69) is 10.6 Å². The lowest BCUT2D eigenvalue weighted by Crippen LogP contribution is -2.47. The minimum absolute atomic E-state index is 0.0188. The molecule has 0 spiro atoms. The molecule has 2 N–H and O–H groups in total. The largest absolute Gasteiger partial charge is 0.350 e. The Morgan fingerprint density at radius 3 is 2.27 bits per heavy atom. The van der Waals surface area contributed by atoms with E-state index in [0.717, 1.165) is 19.3 Å². The summed E-state index contributed by atoms with van der Waals surface area (Å²) in [6.45, 7) is 5.84. The van der Waals surface area contributed by atoms with Crippen LogP contribution in [0, 0.1) is 5.92 Å². The van der Waals surface area contributed by atoms with E-state index in [9.17, 15) is 9.59 Å². The second-order valence-electron chi connectivity index (χ2n) is 5.14. The topological polar surface area (TPSA) is 58.2 Å². The van der Waals surface area contributed by atoms with Gasteiger partial charge in [0.15, 0.2) is 0 Å². The summed E-state index contributed by atoms with van der Waals surface area (Å²) < 4.78 is 0. The molecular formula is C11H20N2O2. The summed E-state index contributed by atoms with van der Waals surface area (Å²) in [4.78, 5) is 22.8. The zero-order valence-electron chi connectivity index (χ0n) is 9.72. The van der Waals surface area contributed by atoms with Gasteiger partial charge in [-0.25, -0.2) is 0 Å². The average molecular weight is 212 g/mol. The molecule has 0 bridgehead atoms. The van der Waals surface area contributed by atoms with Crippen molar-refractivity contribution in [3.05, 3.63) is 0 Å². The Morgan fingerprint density at radius 2 is 1.87 bits per heavy atom. The summed E-state index contributed by atoms with van der Waals surface area (Å²) in [5, 5.41) is 5.45. The van der Waals surface area contributed by atoms with Crippen LogP contribution in [0.5, 0.6) is 0 Å². The molecule has 15 heavy (non-hydrogen) atoms. The highest BCUT2D eigenvalue weighted by molar-refractivity contribution is 5.86. The molecular weight excluding hydrogens is 192 g/mol. The highest BCUT2D eigenvalue weighted by Crippen LogP contribution is 2.25. The smallest absolute Gasteiger partial charge is 0.239 e. The fraction of sp³-hybridized carbons (Fsp3) is 0.818. The van der Waals surface area contributed by atoms with Crippen LogP contribution in [0.2, 0.25) is 0 Å². The fourth-order valence-electron chi connectivity index (χ4n) is 1.44. The first-order valence-electron chi connectivity index (χ1n) is 5.47. The predicted octanol–water partition coefficient (Wildman–Crippen LogP) is 0.817. The third kappa shape index (κ3) is 4.32. The van der Waals surface area contributed by atoms with Crippen molar-refractivity contribution in [2.45, 2.75) is 45.6 Å². The molecule has 0 aromatic carbocycles. The van der Waals surface area contributed by atoms with Gasteiger partial charge in [0.1, 0.15) is 0 Å². The Morgan fingerprint density at radius 1 is 1.27 bits per heavy atom. The highest BCUT2D eigenvalue weighted by atomic mass is 16.2. The Hall–Kier alpha value is -1.06. The van der Waals surface area contributed by atoms with Gasteiger partial charge in [-0.2, -0.15) is 0 Å². The Labute approximate surface area is 90.8 Å². The molecule has 0 aliphatic heterocycles. The second-order valence-corrected chi connectivity index (χ2v) is 5.14. The van der Waals surface area contributed by atoms with Crippen molar-refractivity contribution < 1.29 is 9.59 Å². The maximum Gasteiger partial charge on any atom is 0.239 e. The molecule has 2 amide bonds. The van der Waals surface area contributed by atoms with E-state index in [-0.39, 0.29) is 29.8 Å². The first kappa shape index (κ1) is 12.0. The Kier molecular flexibility index (Phi) is 3.72. The number of nitrogens with one attached hydrogen (secondary N) is 2. The quantitative estimate of drug-likeness (QED) is 0.727. The fourth-order valence-corrected chi connectivity index (χ4v) is 1.44. The SMILES string of the molecule is CC(C)(C)NC(=O)CNC(=O)C1CCC1. The van der Waals surface area contributed by atoms with E-state index >= 15 is 0 Å². The molecule has 1 aliphatic rings. The highest BCUT2D eigenvalue weighted by Gasteiger charge is 2.25. The first-order valence-corrected chi connectivity index (χ1v) is 5.47. The van der Waals surface area contributed by atoms with Crippen LogP contribution in [0.25, 0.3) is 0 Å². The van der Waals surface area contributed by atoms with Crippen LogP contribution >= 0.6 is 0 Å². The van der Waals surface area contributed by atoms with Gasteiger partial charge in [-0.3, -0.25) is 9.59 Å². The van der Waals surface area contributed by atoms with Gasteiger partial charge in [0.25, 0.3) is 0 Å². The number of carbonyl (C=O) groups is 2. The second kappa shape index (κ2) is 4.64. The van der Waals surface area contributed by atoms with Crippen molar-refractivity contribution in [1.29, 1.82) is 0 Å². The van der Waals surface area contributed by atoms with Gasteiger partial charge < -0.3 is 10.6 Å². The molecule has 1 fully saturated rings. The molecule has 1 rings (SSSR count). The van der Waals surface area contributed by atoms with E-state index in [1.54, 1.807) is 0 Å². The van der Waals surface area contributed by atoms with Crippen molar-refractivity contribution in [3.8, 4) is 0 Å². The van der Waals surface area contributed by atoms with Gasteiger partial charge in [0.05, 0.1) is 6.54 Å². The molecule has 1 saturated carbocycles. The summed E-state index contributed by atoms with van der Waals surface area (Å²) >= 11 is 0. The predicted molar refractivity (Wildman–Crippen MR) is 58.2 cm³/mol. The number of rotatable bonds is 3. The van der Waals surface area contributed by atoms with Crippen LogP contribution in [0.15, 0.2) is 0 Å². The minimum atomic E-state index is -0.238. The van der Waals surface area contributed by atoms with Gasteiger partial charge in [0.2, 0.25) is 11.8 Å². The third-order valence-electron chi connectivity index (χ3n) is 2.41. The van der Waals surface area contributed by atoms with Crippen LogP contribution in [0.4, 0.5) is 0 Å². The number of hydrogen-bond donors (Lipinski definition) is 2. The van der Waals surface area contributed by atoms with E-state index < -0.39 is 0 Å². The lowest BCUT2D eigenvalue weighted by molar-refractivity contribution is -0.130. The van der Waals surface area contributed by atoms with Crippen molar-refractivity contribution >= 4 is 11.8 Å². The van der Waals surface area contributed by atoms with Crippen LogP contribution in [0.1, 0.15) is 40.0 Å². The molecule has 86 valence electrons. The van der Waals surface area contributed by atoms with Gasteiger partial charge >= 0.3 is 0 Å². The first-order chi connectivity index (χ1) is 6.88. The van der Waals surface area contributed by atoms with Crippen molar-refractivity contribution in [2.24, 2.45) is 5.92 Å². The number of amides is 2. The monoisotopic (exact) mass is 212 g/mol. The summed E-state index contributed by atoms with van der Waals surface area (Å²) in [6.07, 6.45) is 3.06. The standard InChI is InChI=1S/C11H20N2O2/c1-11(2,3)13-9(14)7-12-10(15)8-5-4-6-8/h8H,4-7H2,1-3H3,(H,12,15)(H,13,14). The lowest BCUT2D eigenvalue weighted by atomic mass is 9.85. The molecule has 0 saturated heterocycles. The maximum absolute atomic E-state index is 11.4. The van der Waals surface area contributed by atoms with Crippen LogP contribution in [-0.4, -0.2) is 23.9 Å². The zero-order chi connectivity index (χ0) is 11.5. The van der Waals surface area contributed by atoms with E-state index in [1.165, 1.54) is 0 Å². The van der Waals surface area contributed by atoms with E-state index in [0.29, 0.717) is 0 Å².